The smallest absolute Gasteiger partial charge is 0.0579 e. The summed E-state index contributed by atoms with van der Waals surface area (Å²) in [6.45, 7) is 2.14. The molecule has 2 nitrogen and oxygen atoms in total. The van der Waals surface area contributed by atoms with E-state index in [1.54, 1.807) is 0 Å². The first-order valence-corrected chi connectivity index (χ1v) is 6.75. The highest BCUT2D eigenvalue weighted by atomic mass is 35.5. The molecular weight excluding hydrogens is 234 g/mol. The number of fused-ring (bicyclic) bond motifs is 2. The Kier molecular flexibility index (Phi) is 2.80. The maximum atomic E-state index is 9.83. The van der Waals surface area contributed by atoms with E-state index in [0.717, 1.165) is 17.9 Å². The second kappa shape index (κ2) is 4.18. The Morgan fingerprint density at radius 2 is 1.88 bits per heavy atom. The fourth-order valence-electron chi connectivity index (χ4n) is 3.40. The molecule has 0 spiro atoms. The van der Waals surface area contributed by atoms with Crippen LogP contribution in [0.25, 0.3) is 0 Å². The molecule has 0 aliphatic carbocycles. The van der Waals surface area contributed by atoms with E-state index in [-0.39, 0.29) is 6.10 Å². The summed E-state index contributed by atoms with van der Waals surface area (Å²) in [4.78, 5) is 2.49. The first-order valence-electron chi connectivity index (χ1n) is 6.37. The summed E-state index contributed by atoms with van der Waals surface area (Å²) >= 11 is 6.10. The molecule has 2 bridgehead atoms. The zero-order chi connectivity index (χ0) is 12.0. The first kappa shape index (κ1) is 11.4. The Hall–Kier alpha value is -0.730. The summed E-state index contributed by atoms with van der Waals surface area (Å²) < 4.78 is 0. The van der Waals surface area contributed by atoms with Crippen molar-refractivity contribution in [3.63, 3.8) is 0 Å². The monoisotopic (exact) mass is 251 g/mol. The van der Waals surface area contributed by atoms with Crippen LogP contribution in [0.1, 0.15) is 31.2 Å². The molecule has 2 fully saturated rings. The number of aliphatic hydroxyl groups excluding tert-OH is 1. The van der Waals surface area contributed by atoms with Crippen LogP contribution in [-0.4, -0.2) is 23.3 Å². The lowest BCUT2D eigenvalue weighted by molar-refractivity contribution is 0.126. The van der Waals surface area contributed by atoms with Crippen molar-refractivity contribution in [2.45, 2.75) is 50.8 Å². The van der Waals surface area contributed by atoms with Gasteiger partial charge < -0.3 is 10.0 Å². The molecule has 1 N–H and O–H groups in total. The minimum Gasteiger partial charge on any atom is -0.393 e. The van der Waals surface area contributed by atoms with E-state index in [2.05, 4.69) is 24.0 Å². The van der Waals surface area contributed by atoms with Gasteiger partial charge in [0.1, 0.15) is 0 Å². The van der Waals surface area contributed by atoms with Gasteiger partial charge in [-0.3, -0.25) is 0 Å². The van der Waals surface area contributed by atoms with Gasteiger partial charge >= 0.3 is 0 Å². The van der Waals surface area contributed by atoms with Gasteiger partial charge in [0.2, 0.25) is 0 Å². The van der Waals surface area contributed by atoms with Gasteiger partial charge in [0.25, 0.3) is 0 Å². The molecule has 0 radical (unpaired) electrons. The highest BCUT2D eigenvalue weighted by molar-refractivity contribution is 6.30. The third-order valence-electron chi connectivity index (χ3n) is 4.16. The van der Waals surface area contributed by atoms with E-state index in [1.807, 2.05) is 6.07 Å². The molecule has 92 valence electrons. The van der Waals surface area contributed by atoms with Gasteiger partial charge in [0.15, 0.2) is 0 Å². The number of hydrogen-bond donors (Lipinski definition) is 1. The second-order valence-corrected chi connectivity index (χ2v) is 5.78. The van der Waals surface area contributed by atoms with E-state index in [9.17, 15) is 5.11 Å². The summed E-state index contributed by atoms with van der Waals surface area (Å²) in [7, 11) is 0. The number of aliphatic hydroxyl groups is 1. The average molecular weight is 252 g/mol. The molecule has 0 amide bonds. The van der Waals surface area contributed by atoms with Crippen LogP contribution in [0.3, 0.4) is 0 Å². The van der Waals surface area contributed by atoms with Gasteiger partial charge in [-0.15, -0.1) is 0 Å². The molecular formula is C14H18ClNO. The highest BCUT2D eigenvalue weighted by Crippen LogP contribution is 2.41. The highest BCUT2D eigenvalue weighted by Gasteiger charge is 2.40. The number of anilines is 1. The standard InChI is InChI=1S/C14H18ClNO/c1-9-2-3-10(15)6-14(9)16-11-4-5-12(16)8-13(17)7-11/h2-3,6,11-13,17H,4-5,7-8H2,1H3. The lowest BCUT2D eigenvalue weighted by Crippen LogP contribution is -2.45. The summed E-state index contributed by atoms with van der Waals surface area (Å²) in [5.41, 5.74) is 2.54. The van der Waals surface area contributed by atoms with Crippen molar-refractivity contribution in [3.05, 3.63) is 28.8 Å². The molecule has 3 rings (SSSR count). The number of rotatable bonds is 1. The third-order valence-corrected chi connectivity index (χ3v) is 4.39. The van der Waals surface area contributed by atoms with Crippen molar-refractivity contribution >= 4 is 17.3 Å². The minimum atomic E-state index is -0.108. The van der Waals surface area contributed by atoms with Crippen molar-refractivity contribution in [1.82, 2.24) is 0 Å². The number of halogens is 1. The Balaban J connectivity index is 1.97. The largest absolute Gasteiger partial charge is 0.393 e. The van der Waals surface area contributed by atoms with Crippen LogP contribution in [0, 0.1) is 6.92 Å². The van der Waals surface area contributed by atoms with E-state index < -0.39 is 0 Å². The van der Waals surface area contributed by atoms with Gasteiger partial charge in [-0.25, -0.2) is 0 Å². The third kappa shape index (κ3) is 1.94. The van der Waals surface area contributed by atoms with E-state index in [1.165, 1.54) is 24.1 Å². The van der Waals surface area contributed by atoms with Crippen molar-refractivity contribution in [1.29, 1.82) is 0 Å². The Morgan fingerprint density at radius 3 is 2.53 bits per heavy atom. The number of piperidine rings is 1. The quantitative estimate of drug-likeness (QED) is 0.829. The van der Waals surface area contributed by atoms with Crippen molar-refractivity contribution in [2.24, 2.45) is 0 Å². The van der Waals surface area contributed by atoms with E-state index >= 15 is 0 Å². The average Bonchev–Trinajstić information content (AvgIpc) is 2.54. The molecule has 2 aliphatic heterocycles. The number of hydrogen-bond acceptors (Lipinski definition) is 2. The molecule has 1 aromatic rings. The lowest BCUT2D eigenvalue weighted by atomic mass is 9.98. The molecule has 2 atom stereocenters. The van der Waals surface area contributed by atoms with Crippen LogP contribution in [0.4, 0.5) is 5.69 Å². The minimum absolute atomic E-state index is 0.108. The van der Waals surface area contributed by atoms with E-state index in [0.29, 0.717) is 12.1 Å². The number of benzene rings is 1. The van der Waals surface area contributed by atoms with Crippen molar-refractivity contribution < 1.29 is 5.11 Å². The summed E-state index contributed by atoms with van der Waals surface area (Å²) in [6, 6.07) is 7.10. The number of aryl methyl sites for hydroxylation is 1. The maximum absolute atomic E-state index is 9.83. The number of nitrogens with zero attached hydrogens (tertiary/aromatic N) is 1. The predicted molar refractivity (Wildman–Crippen MR) is 70.7 cm³/mol. The van der Waals surface area contributed by atoms with Crippen LogP contribution in [-0.2, 0) is 0 Å². The summed E-state index contributed by atoms with van der Waals surface area (Å²) in [6.07, 6.45) is 4.11. The fraction of sp³-hybridized carbons (Fsp3) is 0.571. The van der Waals surface area contributed by atoms with Crippen LogP contribution in [0.2, 0.25) is 5.02 Å². The zero-order valence-corrected chi connectivity index (χ0v) is 10.8. The summed E-state index contributed by atoms with van der Waals surface area (Å²) in [5.74, 6) is 0. The maximum Gasteiger partial charge on any atom is 0.0579 e. The molecule has 1 aromatic carbocycles. The van der Waals surface area contributed by atoms with Gasteiger partial charge in [-0.2, -0.15) is 0 Å². The second-order valence-electron chi connectivity index (χ2n) is 5.35. The van der Waals surface area contributed by atoms with Gasteiger partial charge in [0, 0.05) is 22.8 Å². The topological polar surface area (TPSA) is 23.5 Å². The molecule has 2 saturated heterocycles. The Labute approximate surface area is 107 Å². The molecule has 0 saturated carbocycles. The van der Waals surface area contributed by atoms with Crippen LogP contribution in [0.5, 0.6) is 0 Å². The molecule has 0 aromatic heterocycles. The first-order chi connectivity index (χ1) is 8.15. The van der Waals surface area contributed by atoms with Crippen LogP contribution < -0.4 is 4.90 Å². The Morgan fingerprint density at radius 1 is 1.24 bits per heavy atom. The van der Waals surface area contributed by atoms with Gasteiger partial charge in [-0.05, 0) is 50.3 Å². The predicted octanol–water partition coefficient (Wildman–Crippen LogP) is 3.14. The SMILES string of the molecule is Cc1ccc(Cl)cc1N1C2CCC1CC(O)C2. The van der Waals surface area contributed by atoms with Gasteiger partial charge in [0.05, 0.1) is 6.10 Å². The lowest BCUT2D eigenvalue weighted by Gasteiger charge is -2.39. The summed E-state index contributed by atoms with van der Waals surface area (Å²) in [5, 5.41) is 10.6. The molecule has 2 unspecified atom stereocenters. The van der Waals surface area contributed by atoms with Gasteiger partial charge in [-0.1, -0.05) is 17.7 Å². The van der Waals surface area contributed by atoms with Crippen molar-refractivity contribution in [3.8, 4) is 0 Å². The molecule has 2 aliphatic rings. The normalized spacial score (nSPS) is 31.9. The Bertz CT molecular complexity index is 420. The molecule has 2 heterocycles. The fourth-order valence-corrected chi connectivity index (χ4v) is 3.57. The van der Waals surface area contributed by atoms with Crippen LogP contribution in [0.15, 0.2) is 18.2 Å². The van der Waals surface area contributed by atoms with Crippen molar-refractivity contribution in [2.75, 3.05) is 4.90 Å². The molecule has 3 heteroatoms. The zero-order valence-electron chi connectivity index (χ0n) is 10.1. The van der Waals surface area contributed by atoms with E-state index in [4.69, 9.17) is 11.6 Å². The van der Waals surface area contributed by atoms with Crippen LogP contribution >= 0.6 is 11.6 Å². The molecule has 17 heavy (non-hydrogen) atoms.